The second kappa shape index (κ2) is 9.80. The molecule has 1 saturated carbocycles. The van der Waals surface area contributed by atoms with Crippen molar-refractivity contribution in [1.82, 2.24) is 0 Å². The Morgan fingerprint density at radius 3 is 2.08 bits per heavy atom. The first-order valence-corrected chi connectivity index (χ1v) is 10.5. The molecule has 25 heavy (non-hydrogen) atoms. The molecule has 0 heterocycles. The predicted molar refractivity (Wildman–Crippen MR) is 110 cm³/mol. The highest BCUT2D eigenvalue weighted by molar-refractivity contribution is 5.67. The zero-order valence-corrected chi connectivity index (χ0v) is 15.9. The summed E-state index contributed by atoms with van der Waals surface area (Å²) in [6.07, 6.45) is 14.2. The summed E-state index contributed by atoms with van der Waals surface area (Å²) in [6, 6.07) is 19.9. The molecule has 1 fully saturated rings. The van der Waals surface area contributed by atoms with Crippen molar-refractivity contribution in [2.45, 2.75) is 71.1 Å². The summed E-state index contributed by atoms with van der Waals surface area (Å²) in [5.74, 6) is 1.98. The molecule has 0 spiro atoms. The van der Waals surface area contributed by atoms with Crippen LogP contribution < -0.4 is 0 Å². The fourth-order valence-electron chi connectivity index (χ4n) is 4.49. The van der Waals surface area contributed by atoms with Crippen LogP contribution in [0.1, 0.15) is 70.3 Å². The van der Waals surface area contributed by atoms with Crippen LogP contribution in [0.2, 0.25) is 0 Å². The normalized spacial score (nSPS) is 20.5. The maximum absolute atomic E-state index is 2.33. The summed E-state index contributed by atoms with van der Waals surface area (Å²) in [7, 11) is 0. The van der Waals surface area contributed by atoms with E-state index in [-0.39, 0.29) is 0 Å². The number of aryl methyl sites for hydroxylation is 1. The summed E-state index contributed by atoms with van der Waals surface area (Å²) in [5, 5.41) is 0. The maximum atomic E-state index is 2.33. The Labute approximate surface area is 154 Å². The van der Waals surface area contributed by atoms with Crippen LogP contribution >= 0.6 is 0 Å². The predicted octanol–water partition coefficient (Wildman–Crippen LogP) is 7.67. The molecule has 1 aliphatic rings. The first-order valence-electron chi connectivity index (χ1n) is 10.5. The first-order chi connectivity index (χ1) is 12.4. The van der Waals surface area contributed by atoms with Crippen molar-refractivity contribution >= 4 is 0 Å². The van der Waals surface area contributed by atoms with Crippen molar-refractivity contribution in [2.75, 3.05) is 0 Å². The fraction of sp³-hybridized carbons (Fsp3) is 0.520. The molecule has 134 valence electrons. The van der Waals surface area contributed by atoms with Gasteiger partial charge in [-0.2, -0.15) is 0 Å². The van der Waals surface area contributed by atoms with Gasteiger partial charge in [0.1, 0.15) is 0 Å². The second-order valence-corrected chi connectivity index (χ2v) is 7.94. The SMILES string of the molecule is CCCCCC1CCC(CCc2ccccc2-c2ccccc2)CC1. The Hall–Kier alpha value is -1.56. The van der Waals surface area contributed by atoms with Gasteiger partial charge in [0.2, 0.25) is 0 Å². The lowest BCUT2D eigenvalue weighted by Crippen LogP contribution is -2.15. The standard InChI is InChI=1S/C25H34/c1-2-3-5-10-21-15-17-22(18-16-21)19-20-24-13-8-9-14-25(24)23-11-6-4-7-12-23/h4,6-9,11-14,21-22H,2-3,5,10,15-20H2,1H3. The Kier molecular flexibility index (Phi) is 7.15. The number of hydrogen-bond acceptors (Lipinski definition) is 0. The van der Waals surface area contributed by atoms with E-state index >= 15 is 0 Å². The Morgan fingerprint density at radius 1 is 0.720 bits per heavy atom. The lowest BCUT2D eigenvalue weighted by atomic mass is 9.77. The Bertz CT molecular complexity index is 605. The highest BCUT2D eigenvalue weighted by atomic mass is 14.3. The van der Waals surface area contributed by atoms with Crippen molar-refractivity contribution < 1.29 is 0 Å². The van der Waals surface area contributed by atoms with E-state index in [4.69, 9.17) is 0 Å². The maximum Gasteiger partial charge on any atom is -0.0152 e. The summed E-state index contributed by atoms with van der Waals surface area (Å²) >= 11 is 0. The zero-order chi connectivity index (χ0) is 17.3. The molecule has 2 aromatic carbocycles. The smallest absolute Gasteiger partial charge is 0.0152 e. The van der Waals surface area contributed by atoms with Crippen LogP contribution in [0.25, 0.3) is 11.1 Å². The van der Waals surface area contributed by atoms with E-state index in [1.165, 1.54) is 80.9 Å². The van der Waals surface area contributed by atoms with Crippen molar-refractivity contribution in [3.8, 4) is 11.1 Å². The van der Waals surface area contributed by atoms with Gasteiger partial charge in [0.05, 0.1) is 0 Å². The van der Waals surface area contributed by atoms with E-state index in [1.807, 2.05) is 0 Å². The van der Waals surface area contributed by atoms with Gasteiger partial charge in [0.15, 0.2) is 0 Å². The van der Waals surface area contributed by atoms with Crippen LogP contribution in [0, 0.1) is 11.8 Å². The second-order valence-electron chi connectivity index (χ2n) is 7.94. The average molecular weight is 335 g/mol. The molecule has 1 aliphatic carbocycles. The summed E-state index contributed by atoms with van der Waals surface area (Å²) in [6.45, 7) is 2.31. The number of unbranched alkanes of at least 4 members (excludes halogenated alkanes) is 2. The summed E-state index contributed by atoms with van der Waals surface area (Å²) in [5.41, 5.74) is 4.31. The molecule has 3 rings (SSSR count). The molecule has 0 nitrogen and oxygen atoms in total. The fourth-order valence-corrected chi connectivity index (χ4v) is 4.49. The van der Waals surface area contributed by atoms with Gasteiger partial charge in [-0.15, -0.1) is 0 Å². The van der Waals surface area contributed by atoms with Crippen LogP contribution in [0.5, 0.6) is 0 Å². The van der Waals surface area contributed by atoms with E-state index in [0.717, 1.165) is 11.8 Å². The molecule has 0 saturated heterocycles. The molecule has 0 unspecified atom stereocenters. The van der Waals surface area contributed by atoms with Crippen LogP contribution in [-0.4, -0.2) is 0 Å². The van der Waals surface area contributed by atoms with Crippen molar-refractivity contribution in [3.63, 3.8) is 0 Å². The van der Waals surface area contributed by atoms with Gasteiger partial charge in [-0.25, -0.2) is 0 Å². The highest BCUT2D eigenvalue weighted by Gasteiger charge is 2.20. The highest BCUT2D eigenvalue weighted by Crippen LogP contribution is 2.35. The third-order valence-electron chi connectivity index (χ3n) is 6.11. The molecule has 0 radical (unpaired) electrons. The number of rotatable bonds is 8. The minimum Gasteiger partial charge on any atom is -0.0654 e. The monoisotopic (exact) mass is 334 g/mol. The molecular formula is C25H34. The third kappa shape index (κ3) is 5.46. The van der Waals surface area contributed by atoms with Gasteiger partial charge in [-0.1, -0.05) is 113 Å². The summed E-state index contributed by atoms with van der Waals surface area (Å²) < 4.78 is 0. The zero-order valence-electron chi connectivity index (χ0n) is 15.9. The molecule has 0 bridgehead atoms. The quantitative estimate of drug-likeness (QED) is 0.434. The average Bonchev–Trinajstić information content (AvgIpc) is 2.68. The molecule has 0 atom stereocenters. The van der Waals surface area contributed by atoms with Crippen LogP contribution in [0.3, 0.4) is 0 Å². The Morgan fingerprint density at radius 2 is 1.36 bits per heavy atom. The van der Waals surface area contributed by atoms with Gasteiger partial charge in [0, 0.05) is 0 Å². The molecule has 0 heteroatoms. The molecule has 0 amide bonds. The van der Waals surface area contributed by atoms with Crippen LogP contribution in [-0.2, 0) is 6.42 Å². The topological polar surface area (TPSA) is 0 Å². The lowest BCUT2D eigenvalue weighted by molar-refractivity contribution is 0.249. The van der Waals surface area contributed by atoms with Crippen molar-refractivity contribution in [2.24, 2.45) is 11.8 Å². The van der Waals surface area contributed by atoms with E-state index in [9.17, 15) is 0 Å². The lowest BCUT2D eigenvalue weighted by Gasteiger charge is -2.28. The van der Waals surface area contributed by atoms with E-state index in [2.05, 4.69) is 61.5 Å². The molecular weight excluding hydrogens is 300 g/mol. The van der Waals surface area contributed by atoms with Crippen LogP contribution in [0.4, 0.5) is 0 Å². The first kappa shape index (κ1) is 18.2. The largest absolute Gasteiger partial charge is 0.0654 e. The van der Waals surface area contributed by atoms with Gasteiger partial charge in [-0.05, 0) is 41.4 Å². The van der Waals surface area contributed by atoms with Gasteiger partial charge in [-0.3, -0.25) is 0 Å². The van der Waals surface area contributed by atoms with Gasteiger partial charge in [0.25, 0.3) is 0 Å². The number of hydrogen-bond donors (Lipinski definition) is 0. The van der Waals surface area contributed by atoms with Crippen molar-refractivity contribution in [1.29, 1.82) is 0 Å². The third-order valence-corrected chi connectivity index (χ3v) is 6.11. The molecule has 0 aliphatic heterocycles. The van der Waals surface area contributed by atoms with Crippen molar-refractivity contribution in [3.05, 3.63) is 60.2 Å². The molecule has 0 N–H and O–H groups in total. The molecule has 0 aromatic heterocycles. The minimum absolute atomic E-state index is 0.950. The summed E-state index contributed by atoms with van der Waals surface area (Å²) in [4.78, 5) is 0. The van der Waals surface area contributed by atoms with E-state index in [0.29, 0.717) is 0 Å². The van der Waals surface area contributed by atoms with Gasteiger partial charge >= 0.3 is 0 Å². The van der Waals surface area contributed by atoms with Gasteiger partial charge < -0.3 is 0 Å². The Balaban J connectivity index is 1.50. The van der Waals surface area contributed by atoms with Crippen LogP contribution in [0.15, 0.2) is 54.6 Å². The van der Waals surface area contributed by atoms with E-state index < -0.39 is 0 Å². The van der Waals surface area contributed by atoms with E-state index in [1.54, 1.807) is 0 Å². The minimum atomic E-state index is 0.950. The molecule has 2 aromatic rings. The number of benzene rings is 2.